The van der Waals surface area contributed by atoms with Crippen molar-refractivity contribution < 1.29 is 8.42 Å². The zero-order valence-corrected chi connectivity index (χ0v) is 11.7. The molecule has 0 radical (unpaired) electrons. The van der Waals surface area contributed by atoms with Crippen molar-refractivity contribution in [2.24, 2.45) is 0 Å². The number of anilines is 1. The fourth-order valence-corrected chi connectivity index (χ4v) is 6.33. The van der Waals surface area contributed by atoms with Crippen LogP contribution in [0.1, 0.15) is 0 Å². The molecule has 96 valence electrons. The molecule has 4 nitrogen and oxygen atoms in total. The summed E-state index contributed by atoms with van der Waals surface area (Å²) in [5.41, 5.74) is 0.835. The van der Waals surface area contributed by atoms with E-state index in [2.05, 4.69) is 0 Å². The number of rotatable bonds is 1. The second-order valence-corrected chi connectivity index (χ2v) is 8.27. The van der Waals surface area contributed by atoms with E-state index in [1.807, 2.05) is 12.1 Å². The standard InChI is InChI=1S/C11H11ClN2O2S2/c12-7-1-3-8(4-2-7)14-9-5-18(15,16)6-10(9)17-11(14)13/h1-4,9-10,13H,5-6H2/t9-,10-/m0/s1. The number of nitrogens with one attached hydrogen (secondary N) is 1. The predicted octanol–water partition coefficient (Wildman–Crippen LogP) is 1.99. The molecule has 2 fully saturated rings. The third-order valence-corrected chi connectivity index (χ3v) is 6.57. The summed E-state index contributed by atoms with van der Waals surface area (Å²) in [6.07, 6.45) is 0. The molecule has 0 bridgehead atoms. The number of hydrogen-bond acceptors (Lipinski definition) is 4. The van der Waals surface area contributed by atoms with Gasteiger partial charge in [-0.2, -0.15) is 0 Å². The summed E-state index contributed by atoms with van der Waals surface area (Å²) >= 11 is 7.18. The van der Waals surface area contributed by atoms with E-state index >= 15 is 0 Å². The SMILES string of the molecule is N=C1S[C@H]2CS(=O)(=O)C[C@@H]2N1c1ccc(Cl)cc1. The van der Waals surface area contributed by atoms with Gasteiger partial charge in [0.05, 0.1) is 17.5 Å². The van der Waals surface area contributed by atoms with Gasteiger partial charge in [-0.3, -0.25) is 5.41 Å². The van der Waals surface area contributed by atoms with Crippen molar-refractivity contribution in [2.45, 2.75) is 11.3 Å². The molecular weight excluding hydrogens is 292 g/mol. The van der Waals surface area contributed by atoms with Crippen molar-refractivity contribution in [3.05, 3.63) is 29.3 Å². The maximum atomic E-state index is 11.7. The summed E-state index contributed by atoms with van der Waals surface area (Å²) in [5, 5.41) is 9.02. The van der Waals surface area contributed by atoms with E-state index in [1.54, 1.807) is 17.0 Å². The maximum absolute atomic E-state index is 11.7. The summed E-state index contributed by atoms with van der Waals surface area (Å²) in [6.45, 7) is 0. The molecule has 2 saturated heterocycles. The first-order chi connectivity index (χ1) is 8.46. The van der Waals surface area contributed by atoms with E-state index in [0.29, 0.717) is 10.2 Å². The van der Waals surface area contributed by atoms with Crippen LogP contribution in [0.4, 0.5) is 5.69 Å². The third-order valence-electron chi connectivity index (χ3n) is 3.19. The molecule has 1 aromatic rings. The minimum atomic E-state index is -2.96. The zero-order chi connectivity index (χ0) is 12.9. The number of halogens is 1. The van der Waals surface area contributed by atoms with E-state index in [4.69, 9.17) is 17.0 Å². The van der Waals surface area contributed by atoms with Gasteiger partial charge in [-0.25, -0.2) is 8.42 Å². The molecule has 2 heterocycles. The summed E-state index contributed by atoms with van der Waals surface area (Å²) in [6, 6.07) is 7.04. The normalized spacial score (nSPS) is 29.6. The van der Waals surface area contributed by atoms with Crippen molar-refractivity contribution in [3.8, 4) is 0 Å². The molecule has 0 saturated carbocycles. The second kappa shape index (κ2) is 4.15. The molecule has 3 rings (SSSR count). The van der Waals surface area contributed by atoms with Crippen LogP contribution in [0.2, 0.25) is 5.02 Å². The van der Waals surface area contributed by atoms with Gasteiger partial charge in [0.25, 0.3) is 0 Å². The molecule has 0 spiro atoms. The van der Waals surface area contributed by atoms with Gasteiger partial charge < -0.3 is 4.90 Å². The Bertz CT molecular complexity index is 600. The minimum Gasteiger partial charge on any atom is -0.316 e. The first-order valence-corrected chi connectivity index (χ1v) is 8.55. The lowest BCUT2D eigenvalue weighted by Crippen LogP contribution is -2.37. The third kappa shape index (κ3) is 2.02. The lowest BCUT2D eigenvalue weighted by molar-refractivity contribution is 0.601. The highest BCUT2D eigenvalue weighted by Gasteiger charge is 2.48. The number of amidine groups is 1. The quantitative estimate of drug-likeness (QED) is 0.862. The van der Waals surface area contributed by atoms with Crippen molar-refractivity contribution in [3.63, 3.8) is 0 Å². The molecule has 1 aromatic carbocycles. The average Bonchev–Trinajstić information content (AvgIpc) is 2.70. The largest absolute Gasteiger partial charge is 0.316 e. The summed E-state index contributed by atoms with van der Waals surface area (Å²) < 4.78 is 23.3. The molecule has 2 aliphatic heterocycles. The predicted molar refractivity (Wildman–Crippen MR) is 75.5 cm³/mol. The van der Waals surface area contributed by atoms with Crippen molar-refractivity contribution in [1.82, 2.24) is 0 Å². The highest BCUT2D eigenvalue weighted by atomic mass is 35.5. The van der Waals surface area contributed by atoms with E-state index in [9.17, 15) is 8.42 Å². The first kappa shape index (κ1) is 12.3. The van der Waals surface area contributed by atoms with E-state index in [1.165, 1.54) is 11.8 Å². The molecular formula is C11H11ClN2O2S2. The van der Waals surface area contributed by atoms with Gasteiger partial charge in [0.2, 0.25) is 0 Å². The summed E-state index contributed by atoms with van der Waals surface area (Å²) in [4.78, 5) is 1.80. The fraction of sp³-hybridized carbons (Fsp3) is 0.364. The lowest BCUT2D eigenvalue weighted by Gasteiger charge is -2.23. The highest BCUT2D eigenvalue weighted by molar-refractivity contribution is 8.15. The van der Waals surface area contributed by atoms with Crippen molar-refractivity contribution in [2.75, 3.05) is 16.4 Å². The Kier molecular flexibility index (Phi) is 2.84. The number of fused-ring (bicyclic) bond motifs is 1. The molecule has 2 aliphatic rings. The van der Waals surface area contributed by atoms with Gasteiger partial charge in [0, 0.05) is 16.0 Å². The van der Waals surface area contributed by atoms with E-state index in [-0.39, 0.29) is 22.8 Å². The van der Waals surface area contributed by atoms with Gasteiger partial charge >= 0.3 is 0 Å². The van der Waals surface area contributed by atoms with Gasteiger partial charge in [-0.1, -0.05) is 23.4 Å². The van der Waals surface area contributed by atoms with Crippen LogP contribution in [0.3, 0.4) is 0 Å². The molecule has 7 heteroatoms. The topological polar surface area (TPSA) is 61.2 Å². The number of hydrogen-bond donors (Lipinski definition) is 1. The summed E-state index contributed by atoms with van der Waals surface area (Å²) in [5.74, 6) is 0.310. The van der Waals surface area contributed by atoms with Crippen LogP contribution in [0.5, 0.6) is 0 Å². The fourth-order valence-electron chi connectivity index (χ4n) is 2.41. The molecule has 2 atom stereocenters. The number of thioether (sulfide) groups is 1. The Hall–Kier alpha value is -0.720. The van der Waals surface area contributed by atoms with Gasteiger partial charge in [0.15, 0.2) is 15.0 Å². The van der Waals surface area contributed by atoms with Gasteiger partial charge in [0.1, 0.15) is 0 Å². The van der Waals surface area contributed by atoms with Gasteiger partial charge in [-0.05, 0) is 24.3 Å². The zero-order valence-electron chi connectivity index (χ0n) is 9.34. The molecule has 0 amide bonds. The molecule has 0 aromatic heterocycles. The van der Waals surface area contributed by atoms with Crippen molar-refractivity contribution in [1.29, 1.82) is 5.41 Å². The molecule has 18 heavy (non-hydrogen) atoms. The Balaban J connectivity index is 1.96. The monoisotopic (exact) mass is 302 g/mol. The Morgan fingerprint density at radius 2 is 1.94 bits per heavy atom. The molecule has 0 unspecified atom stereocenters. The summed E-state index contributed by atoms with van der Waals surface area (Å²) in [7, 11) is -2.96. The number of sulfone groups is 1. The molecule has 1 N–H and O–H groups in total. The van der Waals surface area contributed by atoms with Gasteiger partial charge in [-0.15, -0.1) is 0 Å². The number of benzene rings is 1. The van der Waals surface area contributed by atoms with Crippen LogP contribution in [-0.2, 0) is 9.84 Å². The maximum Gasteiger partial charge on any atom is 0.161 e. The average molecular weight is 303 g/mol. The minimum absolute atomic E-state index is 0.0156. The number of nitrogens with zero attached hydrogens (tertiary/aromatic N) is 1. The van der Waals surface area contributed by atoms with Crippen molar-refractivity contribution >= 4 is 44.1 Å². The van der Waals surface area contributed by atoms with Crippen LogP contribution in [0.15, 0.2) is 24.3 Å². The van der Waals surface area contributed by atoms with Crippen LogP contribution >= 0.6 is 23.4 Å². The van der Waals surface area contributed by atoms with Crippen LogP contribution in [-0.4, -0.2) is 36.4 Å². The first-order valence-electron chi connectivity index (χ1n) is 5.47. The lowest BCUT2D eigenvalue weighted by atomic mass is 10.2. The smallest absolute Gasteiger partial charge is 0.161 e. The Labute approximate surface area is 115 Å². The van der Waals surface area contributed by atoms with E-state index in [0.717, 1.165) is 5.69 Å². The second-order valence-electron chi connectivity index (χ2n) is 4.45. The highest BCUT2D eigenvalue weighted by Crippen LogP contribution is 2.40. The Morgan fingerprint density at radius 3 is 2.61 bits per heavy atom. The molecule has 0 aliphatic carbocycles. The van der Waals surface area contributed by atoms with Crippen LogP contribution < -0.4 is 4.90 Å². The van der Waals surface area contributed by atoms with Crippen LogP contribution in [0.25, 0.3) is 0 Å². The van der Waals surface area contributed by atoms with E-state index < -0.39 is 9.84 Å². The van der Waals surface area contributed by atoms with Crippen LogP contribution in [0, 0.1) is 5.41 Å². The Morgan fingerprint density at radius 1 is 1.28 bits per heavy atom.